The van der Waals surface area contributed by atoms with E-state index in [1.54, 1.807) is 6.07 Å². The zero-order valence-corrected chi connectivity index (χ0v) is 10.4. The molecule has 1 N–H and O–H groups in total. The highest BCUT2D eigenvalue weighted by Crippen LogP contribution is 2.34. The van der Waals surface area contributed by atoms with Crippen molar-refractivity contribution < 1.29 is 17.9 Å². The zero-order chi connectivity index (χ0) is 14.1. The number of halogens is 3. The molecule has 6 heteroatoms. The molecule has 0 radical (unpaired) electrons. The SMILES string of the molecule is Fc1cc(F)c(NC2CCOc3ccccc32)nc1F. The van der Waals surface area contributed by atoms with Crippen molar-refractivity contribution in [3.05, 3.63) is 53.5 Å². The topological polar surface area (TPSA) is 34.1 Å². The maximum atomic E-state index is 13.6. The number of hydrogen-bond donors (Lipinski definition) is 1. The number of nitrogens with one attached hydrogen (secondary N) is 1. The van der Waals surface area contributed by atoms with Crippen LogP contribution >= 0.6 is 0 Å². The number of benzene rings is 1. The Kier molecular flexibility index (Phi) is 3.22. The van der Waals surface area contributed by atoms with E-state index in [9.17, 15) is 13.2 Å². The Morgan fingerprint density at radius 3 is 2.80 bits per heavy atom. The zero-order valence-electron chi connectivity index (χ0n) is 10.4. The van der Waals surface area contributed by atoms with Crippen LogP contribution < -0.4 is 10.1 Å². The first-order chi connectivity index (χ1) is 9.65. The van der Waals surface area contributed by atoms with Crippen molar-refractivity contribution in [3.8, 4) is 5.75 Å². The molecule has 0 amide bonds. The van der Waals surface area contributed by atoms with Gasteiger partial charge in [-0.3, -0.25) is 0 Å². The van der Waals surface area contributed by atoms with E-state index in [4.69, 9.17) is 4.74 Å². The first kappa shape index (κ1) is 12.8. The molecule has 1 aliphatic heterocycles. The Hall–Kier alpha value is -2.24. The van der Waals surface area contributed by atoms with Crippen LogP contribution in [-0.2, 0) is 0 Å². The Bertz CT molecular complexity index is 648. The number of nitrogens with zero attached hydrogens (tertiary/aromatic N) is 1. The third kappa shape index (κ3) is 2.29. The fourth-order valence-electron chi connectivity index (χ4n) is 2.20. The summed E-state index contributed by atoms with van der Waals surface area (Å²) in [4.78, 5) is 3.27. The van der Waals surface area contributed by atoms with E-state index in [-0.39, 0.29) is 11.9 Å². The third-order valence-corrected chi connectivity index (χ3v) is 3.16. The lowest BCUT2D eigenvalue weighted by atomic mass is 10.0. The van der Waals surface area contributed by atoms with Gasteiger partial charge in [0.2, 0.25) is 0 Å². The quantitative estimate of drug-likeness (QED) is 0.856. The molecule has 3 rings (SSSR count). The fourth-order valence-corrected chi connectivity index (χ4v) is 2.20. The van der Waals surface area contributed by atoms with Crippen molar-refractivity contribution in [1.29, 1.82) is 0 Å². The Labute approximate surface area is 113 Å². The number of aromatic nitrogens is 1. The lowest BCUT2D eigenvalue weighted by molar-refractivity contribution is 0.274. The van der Waals surface area contributed by atoms with Crippen LogP contribution in [0.4, 0.5) is 19.0 Å². The summed E-state index contributed by atoms with van der Waals surface area (Å²) in [5, 5.41) is 2.80. The van der Waals surface area contributed by atoms with E-state index in [1.807, 2.05) is 18.2 Å². The summed E-state index contributed by atoms with van der Waals surface area (Å²) in [7, 11) is 0. The van der Waals surface area contributed by atoms with E-state index < -0.39 is 17.6 Å². The maximum Gasteiger partial charge on any atom is 0.251 e. The first-order valence-electron chi connectivity index (χ1n) is 6.15. The van der Waals surface area contributed by atoms with Crippen molar-refractivity contribution in [2.45, 2.75) is 12.5 Å². The number of rotatable bonds is 2. The molecule has 1 aromatic heterocycles. The van der Waals surface area contributed by atoms with Gasteiger partial charge in [-0.25, -0.2) is 8.78 Å². The molecule has 0 spiro atoms. The molecule has 20 heavy (non-hydrogen) atoms. The highest BCUT2D eigenvalue weighted by Gasteiger charge is 2.23. The summed E-state index contributed by atoms with van der Waals surface area (Å²) in [5.41, 5.74) is 0.838. The van der Waals surface area contributed by atoms with Gasteiger partial charge in [0.05, 0.1) is 12.6 Å². The minimum atomic E-state index is -1.32. The molecule has 0 aliphatic carbocycles. The van der Waals surface area contributed by atoms with Crippen molar-refractivity contribution in [2.75, 3.05) is 11.9 Å². The van der Waals surface area contributed by atoms with Crippen LogP contribution in [0.3, 0.4) is 0 Å². The molecule has 1 unspecified atom stereocenters. The average Bonchev–Trinajstić information content (AvgIpc) is 2.45. The van der Waals surface area contributed by atoms with E-state index >= 15 is 0 Å². The van der Waals surface area contributed by atoms with Crippen molar-refractivity contribution in [1.82, 2.24) is 4.98 Å². The van der Waals surface area contributed by atoms with Crippen LogP contribution in [0.1, 0.15) is 18.0 Å². The predicted molar refractivity (Wildman–Crippen MR) is 67.0 cm³/mol. The summed E-state index contributed by atoms with van der Waals surface area (Å²) in [6.07, 6.45) is 0.580. The highest BCUT2D eigenvalue weighted by molar-refractivity contribution is 5.45. The minimum absolute atomic E-state index is 0.258. The maximum absolute atomic E-state index is 13.6. The second kappa shape index (κ2) is 5.03. The second-order valence-electron chi connectivity index (χ2n) is 4.46. The van der Waals surface area contributed by atoms with Gasteiger partial charge in [-0.05, 0) is 6.07 Å². The van der Waals surface area contributed by atoms with E-state index in [0.717, 1.165) is 5.56 Å². The summed E-state index contributed by atoms with van der Waals surface area (Å²) in [6, 6.07) is 7.53. The molecule has 0 saturated heterocycles. The van der Waals surface area contributed by atoms with Crippen molar-refractivity contribution >= 4 is 5.82 Å². The Morgan fingerprint density at radius 1 is 1.15 bits per heavy atom. The molecule has 2 aromatic rings. The first-order valence-corrected chi connectivity index (χ1v) is 6.15. The number of ether oxygens (including phenoxy) is 1. The van der Waals surface area contributed by atoms with Gasteiger partial charge in [-0.2, -0.15) is 9.37 Å². The summed E-state index contributed by atoms with van der Waals surface area (Å²) >= 11 is 0. The van der Waals surface area contributed by atoms with Gasteiger partial charge in [0.1, 0.15) is 5.75 Å². The molecule has 3 nitrogen and oxygen atoms in total. The third-order valence-electron chi connectivity index (χ3n) is 3.16. The van der Waals surface area contributed by atoms with Gasteiger partial charge in [0.25, 0.3) is 5.95 Å². The van der Waals surface area contributed by atoms with Crippen LogP contribution in [0.5, 0.6) is 5.75 Å². The molecule has 0 bridgehead atoms. The van der Waals surface area contributed by atoms with Crippen LogP contribution in [0.25, 0.3) is 0 Å². The van der Waals surface area contributed by atoms with Gasteiger partial charge in [-0.15, -0.1) is 0 Å². The fraction of sp³-hybridized carbons (Fsp3) is 0.214. The monoisotopic (exact) mass is 280 g/mol. The molecule has 1 atom stereocenters. The smallest absolute Gasteiger partial charge is 0.251 e. The van der Waals surface area contributed by atoms with Crippen LogP contribution in [0.2, 0.25) is 0 Å². The number of pyridine rings is 1. The van der Waals surface area contributed by atoms with Crippen LogP contribution in [0.15, 0.2) is 30.3 Å². The molecule has 1 aliphatic rings. The summed E-state index contributed by atoms with van der Waals surface area (Å²) in [5.74, 6) is -3.16. The normalized spacial score (nSPS) is 17.2. The number of fused-ring (bicyclic) bond motifs is 1. The molecule has 2 heterocycles. The van der Waals surface area contributed by atoms with E-state index in [1.165, 1.54) is 0 Å². The second-order valence-corrected chi connectivity index (χ2v) is 4.46. The number of hydrogen-bond acceptors (Lipinski definition) is 3. The largest absolute Gasteiger partial charge is 0.493 e. The van der Waals surface area contributed by atoms with E-state index in [2.05, 4.69) is 10.3 Å². The number of para-hydroxylation sites is 1. The van der Waals surface area contributed by atoms with Crippen LogP contribution in [-0.4, -0.2) is 11.6 Å². The van der Waals surface area contributed by atoms with Gasteiger partial charge < -0.3 is 10.1 Å². The molecule has 104 valence electrons. The Balaban J connectivity index is 1.91. The van der Waals surface area contributed by atoms with Crippen molar-refractivity contribution in [3.63, 3.8) is 0 Å². The summed E-state index contributed by atoms with van der Waals surface area (Å²) in [6.45, 7) is 0.458. The molecular formula is C14H11F3N2O. The molecule has 0 saturated carbocycles. The molecule has 1 aromatic carbocycles. The summed E-state index contributed by atoms with van der Waals surface area (Å²) < 4.78 is 45.0. The standard InChI is InChI=1S/C14H11F3N2O/c15-9-7-10(16)14(19-13(9)17)18-11-5-6-20-12-4-2-1-3-8(11)12/h1-4,7,11H,5-6H2,(H,18,19). The lowest BCUT2D eigenvalue weighted by Crippen LogP contribution is -2.21. The molecule has 0 fully saturated rings. The number of anilines is 1. The van der Waals surface area contributed by atoms with Gasteiger partial charge in [0.15, 0.2) is 17.5 Å². The van der Waals surface area contributed by atoms with Gasteiger partial charge in [0, 0.05) is 18.1 Å². The predicted octanol–water partition coefficient (Wildman–Crippen LogP) is 3.43. The van der Waals surface area contributed by atoms with Gasteiger partial charge in [-0.1, -0.05) is 18.2 Å². The van der Waals surface area contributed by atoms with Crippen molar-refractivity contribution in [2.24, 2.45) is 0 Å². The minimum Gasteiger partial charge on any atom is -0.493 e. The van der Waals surface area contributed by atoms with Crippen LogP contribution in [0, 0.1) is 17.6 Å². The van der Waals surface area contributed by atoms with E-state index in [0.29, 0.717) is 24.8 Å². The highest BCUT2D eigenvalue weighted by atomic mass is 19.2. The molecular weight excluding hydrogens is 269 g/mol. The lowest BCUT2D eigenvalue weighted by Gasteiger charge is -2.27. The van der Waals surface area contributed by atoms with Gasteiger partial charge >= 0.3 is 0 Å². The average molecular weight is 280 g/mol. The Morgan fingerprint density at radius 2 is 1.95 bits per heavy atom.